The standard InChI is InChI=1S/C16H21NO4/c18-7-4-13-9-12(10-14(11-13)5-8-19)3-6-17-15(20)1-2-16(17)21/h9-11,18-19H,1-8H2. The SMILES string of the molecule is O=C1CCC(=O)N1CCc1cc(CCO)cc(CCO)c1. The van der Waals surface area contributed by atoms with Gasteiger partial charge in [0.1, 0.15) is 0 Å². The zero-order chi connectivity index (χ0) is 15.2. The average Bonchev–Trinajstić information content (AvgIpc) is 2.76. The molecule has 1 aliphatic rings. The fourth-order valence-electron chi connectivity index (χ4n) is 2.64. The molecule has 1 fully saturated rings. The third-order valence-electron chi connectivity index (χ3n) is 3.69. The van der Waals surface area contributed by atoms with Crippen molar-refractivity contribution in [3.8, 4) is 0 Å². The number of hydrogen-bond donors (Lipinski definition) is 2. The van der Waals surface area contributed by atoms with Crippen LogP contribution < -0.4 is 0 Å². The lowest BCUT2D eigenvalue weighted by Gasteiger charge is -2.15. The minimum Gasteiger partial charge on any atom is -0.396 e. The van der Waals surface area contributed by atoms with Crippen LogP contribution in [0, 0.1) is 0 Å². The summed E-state index contributed by atoms with van der Waals surface area (Å²) in [5.41, 5.74) is 3.05. The lowest BCUT2D eigenvalue weighted by atomic mass is 10.00. The van der Waals surface area contributed by atoms with Crippen LogP contribution in [0.25, 0.3) is 0 Å². The van der Waals surface area contributed by atoms with E-state index in [1.165, 1.54) is 4.90 Å². The van der Waals surface area contributed by atoms with Crippen LogP contribution in [0.4, 0.5) is 0 Å². The fourth-order valence-corrected chi connectivity index (χ4v) is 2.64. The van der Waals surface area contributed by atoms with Gasteiger partial charge in [-0.2, -0.15) is 0 Å². The van der Waals surface area contributed by atoms with E-state index in [9.17, 15) is 9.59 Å². The third kappa shape index (κ3) is 4.12. The van der Waals surface area contributed by atoms with Crippen LogP contribution in [-0.2, 0) is 28.9 Å². The van der Waals surface area contributed by atoms with E-state index in [-0.39, 0.29) is 25.0 Å². The van der Waals surface area contributed by atoms with Crippen LogP contribution in [0.1, 0.15) is 29.5 Å². The molecule has 0 aromatic heterocycles. The van der Waals surface area contributed by atoms with Gasteiger partial charge in [0.05, 0.1) is 0 Å². The smallest absolute Gasteiger partial charge is 0.229 e. The van der Waals surface area contributed by atoms with Gasteiger partial charge >= 0.3 is 0 Å². The Bertz CT molecular complexity index is 487. The van der Waals surface area contributed by atoms with Crippen molar-refractivity contribution in [1.82, 2.24) is 4.90 Å². The molecule has 1 aromatic carbocycles. The maximum Gasteiger partial charge on any atom is 0.229 e. The zero-order valence-electron chi connectivity index (χ0n) is 12.0. The number of likely N-dealkylation sites (tertiary alicyclic amines) is 1. The Morgan fingerprint density at radius 2 is 1.24 bits per heavy atom. The Morgan fingerprint density at radius 3 is 1.67 bits per heavy atom. The number of carbonyl (C=O) groups excluding carboxylic acids is 2. The van der Waals surface area contributed by atoms with Crippen LogP contribution in [-0.4, -0.2) is 46.7 Å². The van der Waals surface area contributed by atoms with Gasteiger partial charge in [0, 0.05) is 32.6 Å². The summed E-state index contributed by atoms with van der Waals surface area (Å²) in [5.74, 6) is -0.191. The molecule has 1 aliphatic heterocycles. The molecule has 1 saturated heterocycles. The second kappa shape index (κ2) is 7.33. The molecule has 0 radical (unpaired) electrons. The van der Waals surface area contributed by atoms with Gasteiger partial charge in [0.15, 0.2) is 0 Å². The average molecular weight is 291 g/mol. The summed E-state index contributed by atoms with van der Waals surface area (Å²) in [4.78, 5) is 24.5. The van der Waals surface area contributed by atoms with E-state index in [2.05, 4.69) is 0 Å². The van der Waals surface area contributed by atoms with Gasteiger partial charge in [0.2, 0.25) is 11.8 Å². The van der Waals surface area contributed by atoms with Crippen molar-refractivity contribution < 1.29 is 19.8 Å². The molecular formula is C16H21NO4. The monoisotopic (exact) mass is 291 g/mol. The van der Waals surface area contributed by atoms with Crippen molar-refractivity contribution in [2.75, 3.05) is 19.8 Å². The summed E-state index contributed by atoms with van der Waals surface area (Å²) in [6.07, 6.45) is 2.37. The Morgan fingerprint density at radius 1 is 0.810 bits per heavy atom. The van der Waals surface area contributed by atoms with Crippen molar-refractivity contribution in [2.24, 2.45) is 0 Å². The summed E-state index contributed by atoms with van der Waals surface area (Å²) in [6, 6.07) is 5.95. The number of nitrogens with zero attached hydrogens (tertiary/aromatic N) is 1. The van der Waals surface area contributed by atoms with Gasteiger partial charge in [-0.05, 0) is 36.0 Å². The first kappa shape index (κ1) is 15.7. The van der Waals surface area contributed by atoms with E-state index in [1.807, 2.05) is 18.2 Å². The molecule has 0 saturated carbocycles. The fraction of sp³-hybridized carbons (Fsp3) is 0.500. The summed E-state index contributed by atoms with van der Waals surface area (Å²) < 4.78 is 0. The number of carbonyl (C=O) groups is 2. The van der Waals surface area contributed by atoms with E-state index in [1.54, 1.807) is 0 Å². The Labute approximate surface area is 124 Å². The molecule has 0 atom stereocenters. The first-order valence-electron chi connectivity index (χ1n) is 7.30. The Balaban J connectivity index is 2.07. The summed E-state index contributed by atoms with van der Waals surface area (Å²) in [6.45, 7) is 0.551. The molecule has 0 aliphatic carbocycles. The highest BCUT2D eigenvalue weighted by molar-refractivity contribution is 6.01. The van der Waals surface area contributed by atoms with Crippen molar-refractivity contribution in [3.05, 3.63) is 34.9 Å². The number of aliphatic hydroxyl groups excluding tert-OH is 2. The van der Waals surface area contributed by atoms with Crippen LogP contribution in [0.3, 0.4) is 0 Å². The number of rotatable bonds is 7. The molecule has 2 N–H and O–H groups in total. The van der Waals surface area contributed by atoms with Crippen LogP contribution in [0.5, 0.6) is 0 Å². The van der Waals surface area contributed by atoms with Gasteiger partial charge < -0.3 is 10.2 Å². The zero-order valence-corrected chi connectivity index (χ0v) is 12.0. The molecule has 5 nitrogen and oxygen atoms in total. The number of amides is 2. The van der Waals surface area contributed by atoms with Gasteiger partial charge in [-0.3, -0.25) is 14.5 Å². The highest BCUT2D eigenvalue weighted by atomic mass is 16.3. The molecular weight excluding hydrogens is 270 g/mol. The first-order valence-corrected chi connectivity index (χ1v) is 7.30. The van der Waals surface area contributed by atoms with Gasteiger partial charge in [-0.15, -0.1) is 0 Å². The van der Waals surface area contributed by atoms with Crippen LogP contribution >= 0.6 is 0 Å². The van der Waals surface area contributed by atoms with E-state index in [0.29, 0.717) is 38.6 Å². The Kier molecular flexibility index (Phi) is 5.47. The van der Waals surface area contributed by atoms with Crippen molar-refractivity contribution in [3.63, 3.8) is 0 Å². The van der Waals surface area contributed by atoms with E-state index in [4.69, 9.17) is 10.2 Å². The quantitative estimate of drug-likeness (QED) is 0.715. The molecule has 2 amide bonds. The maximum absolute atomic E-state index is 11.6. The molecule has 0 spiro atoms. The number of benzene rings is 1. The number of aliphatic hydroxyl groups is 2. The predicted molar refractivity (Wildman–Crippen MR) is 77.7 cm³/mol. The lowest BCUT2D eigenvalue weighted by molar-refractivity contribution is -0.138. The molecule has 2 rings (SSSR count). The van der Waals surface area contributed by atoms with Crippen molar-refractivity contribution >= 4 is 11.8 Å². The molecule has 21 heavy (non-hydrogen) atoms. The second-order valence-electron chi connectivity index (χ2n) is 5.29. The Hall–Kier alpha value is -1.72. The van der Waals surface area contributed by atoms with Gasteiger partial charge in [-0.1, -0.05) is 18.2 Å². The minimum atomic E-state index is -0.0953. The molecule has 1 heterocycles. The highest BCUT2D eigenvalue weighted by Crippen LogP contribution is 2.16. The van der Waals surface area contributed by atoms with Crippen LogP contribution in [0.15, 0.2) is 18.2 Å². The van der Waals surface area contributed by atoms with Gasteiger partial charge in [-0.25, -0.2) is 0 Å². The van der Waals surface area contributed by atoms with Crippen molar-refractivity contribution in [2.45, 2.75) is 32.1 Å². The molecule has 0 bridgehead atoms. The largest absolute Gasteiger partial charge is 0.396 e. The maximum atomic E-state index is 11.6. The van der Waals surface area contributed by atoms with E-state index >= 15 is 0 Å². The molecule has 5 heteroatoms. The minimum absolute atomic E-state index is 0.0745. The number of imide groups is 1. The van der Waals surface area contributed by atoms with E-state index < -0.39 is 0 Å². The van der Waals surface area contributed by atoms with Gasteiger partial charge in [0.25, 0.3) is 0 Å². The topological polar surface area (TPSA) is 77.8 Å². The predicted octanol–water partition coefficient (Wildman–Crippen LogP) is 0.448. The molecule has 1 aromatic rings. The number of hydrogen-bond acceptors (Lipinski definition) is 4. The normalized spacial score (nSPS) is 15.0. The summed E-state index contributed by atoms with van der Waals surface area (Å²) in [7, 11) is 0. The van der Waals surface area contributed by atoms with E-state index in [0.717, 1.165) is 16.7 Å². The molecule has 0 unspecified atom stereocenters. The van der Waals surface area contributed by atoms with Crippen molar-refractivity contribution in [1.29, 1.82) is 0 Å². The first-order chi connectivity index (χ1) is 10.1. The third-order valence-corrected chi connectivity index (χ3v) is 3.69. The molecule has 114 valence electrons. The summed E-state index contributed by atoms with van der Waals surface area (Å²) in [5, 5.41) is 18.1. The summed E-state index contributed by atoms with van der Waals surface area (Å²) >= 11 is 0. The highest BCUT2D eigenvalue weighted by Gasteiger charge is 2.28. The lowest BCUT2D eigenvalue weighted by Crippen LogP contribution is -2.31. The second-order valence-corrected chi connectivity index (χ2v) is 5.29. The van der Waals surface area contributed by atoms with Crippen LogP contribution in [0.2, 0.25) is 0 Å².